The normalized spacial score (nSPS) is 10.5. The van der Waals surface area contributed by atoms with Crippen molar-refractivity contribution in [3.63, 3.8) is 0 Å². The van der Waals surface area contributed by atoms with Crippen molar-refractivity contribution in [3.05, 3.63) is 29.3 Å². The quantitative estimate of drug-likeness (QED) is 0.577. The number of unbranched alkanes of at least 4 members (excludes halogenated alkanes) is 2. The first-order valence-corrected chi connectivity index (χ1v) is 7.24. The van der Waals surface area contributed by atoms with Gasteiger partial charge in [0.15, 0.2) is 0 Å². The Morgan fingerprint density at radius 1 is 0.857 bits per heavy atom. The first kappa shape index (κ1) is 17.0. The van der Waals surface area contributed by atoms with Gasteiger partial charge in [-0.1, -0.05) is 12.1 Å². The van der Waals surface area contributed by atoms with Crippen molar-refractivity contribution in [1.82, 2.24) is 0 Å². The lowest BCUT2D eigenvalue weighted by molar-refractivity contribution is -0.138. The summed E-state index contributed by atoms with van der Waals surface area (Å²) in [5.41, 5.74) is 1.88. The lowest BCUT2D eigenvalue weighted by atomic mass is 9.96. The second kappa shape index (κ2) is 9.00. The second-order valence-electron chi connectivity index (χ2n) is 5.12. The van der Waals surface area contributed by atoms with E-state index in [0.29, 0.717) is 25.7 Å². The average molecular weight is 294 g/mol. The lowest BCUT2D eigenvalue weighted by Crippen LogP contribution is -1.99. The fourth-order valence-electron chi connectivity index (χ4n) is 2.31. The van der Waals surface area contributed by atoms with Gasteiger partial charge in [-0.25, -0.2) is 0 Å². The topological polar surface area (TPSA) is 94.8 Å². The van der Waals surface area contributed by atoms with Crippen LogP contribution in [0, 0.1) is 0 Å². The first-order valence-electron chi connectivity index (χ1n) is 7.24. The molecule has 1 aromatic carbocycles. The minimum atomic E-state index is -0.804. The standard InChI is InChI=1S/C16H22O5/c17-14-9-5-7-12(6-1-3-10-15(18)19)13(14)8-2-4-11-16(20)21/h5,7,9,17H,1-4,6,8,10-11H2,(H,18,19)(H,20,21). The van der Waals surface area contributed by atoms with Crippen LogP contribution < -0.4 is 0 Å². The van der Waals surface area contributed by atoms with Gasteiger partial charge in [-0.3, -0.25) is 9.59 Å². The van der Waals surface area contributed by atoms with Gasteiger partial charge < -0.3 is 15.3 Å². The fourth-order valence-corrected chi connectivity index (χ4v) is 2.31. The molecule has 0 spiro atoms. The fraction of sp³-hybridized carbons (Fsp3) is 0.500. The molecular formula is C16H22O5. The maximum absolute atomic E-state index is 10.5. The summed E-state index contributed by atoms with van der Waals surface area (Å²) in [5, 5.41) is 27.2. The summed E-state index contributed by atoms with van der Waals surface area (Å²) in [6.07, 6.45) is 4.36. The Balaban J connectivity index is 2.52. The summed E-state index contributed by atoms with van der Waals surface area (Å²) in [4.78, 5) is 20.9. The molecule has 0 saturated carbocycles. The Hall–Kier alpha value is -2.04. The zero-order chi connectivity index (χ0) is 15.7. The molecule has 1 aromatic rings. The van der Waals surface area contributed by atoms with Crippen LogP contribution in [0.2, 0.25) is 0 Å². The molecule has 5 heteroatoms. The number of carboxylic acid groups (broad SMARTS) is 2. The largest absolute Gasteiger partial charge is 0.508 e. The monoisotopic (exact) mass is 294 g/mol. The molecule has 0 heterocycles. The van der Waals surface area contributed by atoms with Crippen molar-refractivity contribution in [2.45, 2.75) is 51.4 Å². The zero-order valence-electron chi connectivity index (χ0n) is 12.0. The lowest BCUT2D eigenvalue weighted by Gasteiger charge is -2.11. The third kappa shape index (κ3) is 6.79. The number of carboxylic acids is 2. The molecular weight excluding hydrogens is 272 g/mol. The molecule has 0 radical (unpaired) electrons. The second-order valence-corrected chi connectivity index (χ2v) is 5.12. The number of rotatable bonds is 10. The average Bonchev–Trinajstić information content (AvgIpc) is 2.41. The first-order chi connectivity index (χ1) is 10.0. The number of carbonyl (C=O) groups is 2. The van der Waals surface area contributed by atoms with Crippen LogP contribution >= 0.6 is 0 Å². The van der Waals surface area contributed by atoms with E-state index in [0.717, 1.165) is 24.0 Å². The Morgan fingerprint density at radius 3 is 2.00 bits per heavy atom. The summed E-state index contributed by atoms with van der Waals surface area (Å²) >= 11 is 0. The third-order valence-electron chi connectivity index (χ3n) is 3.40. The van der Waals surface area contributed by atoms with Crippen LogP contribution in [0.5, 0.6) is 5.75 Å². The molecule has 0 aliphatic heterocycles. The smallest absolute Gasteiger partial charge is 0.303 e. The summed E-state index contributed by atoms with van der Waals surface area (Å²) in [5.74, 6) is -1.36. The minimum absolute atomic E-state index is 0.140. The van der Waals surface area contributed by atoms with E-state index in [4.69, 9.17) is 10.2 Å². The van der Waals surface area contributed by atoms with Gasteiger partial charge >= 0.3 is 11.9 Å². The van der Waals surface area contributed by atoms with Crippen LogP contribution in [0.15, 0.2) is 18.2 Å². The van der Waals surface area contributed by atoms with E-state index in [-0.39, 0.29) is 18.6 Å². The minimum Gasteiger partial charge on any atom is -0.508 e. The van der Waals surface area contributed by atoms with Crippen LogP contribution in [0.25, 0.3) is 0 Å². The molecule has 1 rings (SSSR count). The van der Waals surface area contributed by atoms with Crippen molar-refractivity contribution in [2.24, 2.45) is 0 Å². The number of aliphatic carboxylic acids is 2. The molecule has 0 unspecified atom stereocenters. The molecule has 0 atom stereocenters. The molecule has 3 N–H and O–H groups in total. The molecule has 0 amide bonds. The summed E-state index contributed by atoms with van der Waals surface area (Å²) < 4.78 is 0. The Morgan fingerprint density at radius 2 is 1.43 bits per heavy atom. The molecule has 0 saturated heterocycles. The van der Waals surface area contributed by atoms with Gasteiger partial charge in [0.1, 0.15) is 5.75 Å². The number of phenolic OH excluding ortho intramolecular Hbond substituents is 1. The molecule has 21 heavy (non-hydrogen) atoms. The van der Waals surface area contributed by atoms with Gasteiger partial charge in [0.2, 0.25) is 0 Å². The van der Waals surface area contributed by atoms with E-state index in [2.05, 4.69) is 0 Å². The number of aryl methyl sites for hydroxylation is 1. The third-order valence-corrected chi connectivity index (χ3v) is 3.40. The molecule has 0 aromatic heterocycles. The predicted octanol–water partition coefficient (Wildman–Crippen LogP) is 2.99. The number of phenols is 1. The van der Waals surface area contributed by atoms with Crippen LogP contribution in [0.3, 0.4) is 0 Å². The maximum Gasteiger partial charge on any atom is 0.303 e. The van der Waals surface area contributed by atoms with Crippen molar-refractivity contribution in [1.29, 1.82) is 0 Å². The van der Waals surface area contributed by atoms with Crippen LogP contribution in [0.4, 0.5) is 0 Å². The van der Waals surface area contributed by atoms with E-state index in [1.165, 1.54) is 0 Å². The number of aromatic hydroxyl groups is 1. The zero-order valence-corrected chi connectivity index (χ0v) is 12.0. The highest BCUT2D eigenvalue weighted by Gasteiger charge is 2.08. The van der Waals surface area contributed by atoms with E-state index in [1.807, 2.05) is 6.07 Å². The van der Waals surface area contributed by atoms with E-state index >= 15 is 0 Å². The number of benzene rings is 1. The van der Waals surface area contributed by atoms with Crippen molar-refractivity contribution in [2.75, 3.05) is 0 Å². The van der Waals surface area contributed by atoms with E-state index in [1.54, 1.807) is 12.1 Å². The number of hydrogen-bond acceptors (Lipinski definition) is 3. The SMILES string of the molecule is O=C(O)CCCCc1cccc(O)c1CCCCC(=O)O. The van der Waals surface area contributed by atoms with Gasteiger partial charge in [0.25, 0.3) is 0 Å². The summed E-state index contributed by atoms with van der Waals surface area (Å²) in [6.45, 7) is 0. The molecule has 0 fully saturated rings. The van der Waals surface area contributed by atoms with Crippen molar-refractivity contribution >= 4 is 11.9 Å². The Labute approximate surface area is 124 Å². The molecule has 5 nitrogen and oxygen atoms in total. The van der Waals surface area contributed by atoms with Gasteiger partial charge in [0.05, 0.1) is 0 Å². The van der Waals surface area contributed by atoms with Gasteiger partial charge in [0, 0.05) is 12.8 Å². The highest BCUT2D eigenvalue weighted by atomic mass is 16.4. The van der Waals surface area contributed by atoms with Gasteiger partial charge in [-0.2, -0.15) is 0 Å². The van der Waals surface area contributed by atoms with Crippen molar-refractivity contribution < 1.29 is 24.9 Å². The predicted molar refractivity (Wildman–Crippen MR) is 78.5 cm³/mol. The molecule has 0 bridgehead atoms. The highest BCUT2D eigenvalue weighted by Crippen LogP contribution is 2.25. The maximum atomic E-state index is 10.5. The molecule has 116 valence electrons. The van der Waals surface area contributed by atoms with Crippen LogP contribution in [0.1, 0.15) is 49.7 Å². The van der Waals surface area contributed by atoms with E-state index < -0.39 is 11.9 Å². The Kier molecular flexibility index (Phi) is 7.29. The summed E-state index contributed by atoms with van der Waals surface area (Å²) in [7, 11) is 0. The van der Waals surface area contributed by atoms with Crippen molar-refractivity contribution in [3.8, 4) is 5.75 Å². The molecule has 0 aliphatic rings. The Bertz CT molecular complexity index is 482. The van der Waals surface area contributed by atoms with Crippen LogP contribution in [-0.2, 0) is 22.4 Å². The summed E-state index contributed by atoms with van der Waals surface area (Å²) in [6, 6.07) is 5.35. The van der Waals surface area contributed by atoms with Gasteiger partial charge in [-0.05, 0) is 55.7 Å². The number of hydrogen-bond donors (Lipinski definition) is 3. The van der Waals surface area contributed by atoms with E-state index in [9.17, 15) is 14.7 Å². The molecule has 0 aliphatic carbocycles. The highest BCUT2D eigenvalue weighted by molar-refractivity contribution is 5.66. The van der Waals surface area contributed by atoms with Gasteiger partial charge in [-0.15, -0.1) is 0 Å². The van der Waals surface area contributed by atoms with Crippen LogP contribution in [-0.4, -0.2) is 27.3 Å².